The SMILES string of the molecule is Brc1ccc2sc(NC3CCCc4ccccc43)nc2c1. The van der Waals surface area contributed by atoms with E-state index in [1.165, 1.54) is 35.1 Å². The predicted molar refractivity (Wildman–Crippen MR) is 93.1 cm³/mol. The Labute approximate surface area is 136 Å². The van der Waals surface area contributed by atoms with Gasteiger partial charge in [0.1, 0.15) is 0 Å². The van der Waals surface area contributed by atoms with Crippen molar-refractivity contribution in [1.29, 1.82) is 0 Å². The first kappa shape index (κ1) is 13.3. The average molecular weight is 359 g/mol. The molecule has 0 saturated carbocycles. The van der Waals surface area contributed by atoms with Gasteiger partial charge in [-0.3, -0.25) is 0 Å². The molecular formula is C17H15BrN2S. The Morgan fingerprint density at radius 3 is 3.05 bits per heavy atom. The highest BCUT2D eigenvalue weighted by Gasteiger charge is 2.20. The van der Waals surface area contributed by atoms with Crippen molar-refractivity contribution >= 4 is 42.6 Å². The minimum Gasteiger partial charge on any atom is -0.355 e. The Morgan fingerprint density at radius 1 is 1.19 bits per heavy atom. The van der Waals surface area contributed by atoms with Gasteiger partial charge in [0.2, 0.25) is 0 Å². The van der Waals surface area contributed by atoms with Crippen molar-refractivity contribution in [3.05, 3.63) is 58.1 Å². The minimum absolute atomic E-state index is 0.388. The number of thiazole rings is 1. The number of nitrogens with one attached hydrogen (secondary N) is 1. The lowest BCUT2D eigenvalue weighted by Crippen LogP contribution is -2.17. The molecule has 0 radical (unpaired) electrons. The number of nitrogens with zero attached hydrogens (tertiary/aromatic N) is 1. The van der Waals surface area contributed by atoms with Crippen molar-refractivity contribution in [2.75, 3.05) is 5.32 Å². The summed E-state index contributed by atoms with van der Waals surface area (Å²) in [6, 6.07) is 15.4. The third-order valence-corrected chi connectivity index (χ3v) is 5.48. The van der Waals surface area contributed by atoms with Crippen molar-refractivity contribution < 1.29 is 0 Å². The zero-order valence-corrected chi connectivity index (χ0v) is 13.9. The van der Waals surface area contributed by atoms with E-state index < -0.39 is 0 Å². The molecule has 4 rings (SSSR count). The molecule has 1 aromatic heterocycles. The van der Waals surface area contributed by atoms with Gasteiger partial charge in [0.15, 0.2) is 5.13 Å². The molecule has 0 aliphatic heterocycles. The molecule has 1 atom stereocenters. The van der Waals surface area contributed by atoms with Gasteiger partial charge in [-0.2, -0.15) is 0 Å². The zero-order valence-electron chi connectivity index (χ0n) is 11.5. The summed E-state index contributed by atoms with van der Waals surface area (Å²) in [6.07, 6.45) is 3.61. The van der Waals surface area contributed by atoms with Crippen molar-refractivity contribution in [3.8, 4) is 0 Å². The molecule has 106 valence electrons. The van der Waals surface area contributed by atoms with Crippen molar-refractivity contribution in [3.63, 3.8) is 0 Å². The van der Waals surface area contributed by atoms with E-state index in [1.54, 1.807) is 11.3 Å². The summed E-state index contributed by atoms with van der Waals surface area (Å²) in [5, 5.41) is 4.66. The lowest BCUT2D eigenvalue weighted by Gasteiger charge is -2.26. The molecule has 0 fully saturated rings. The number of aromatic nitrogens is 1. The van der Waals surface area contributed by atoms with Crippen molar-refractivity contribution in [2.45, 2.75) is 25.3 Å². The van der Waals surface area contributed by atoms with Gasteiger partial charge in [-0.1, -0.05) is 51.5 Å². The van der Waals surface area contributed by atoms with Crippen LogP contribution >= 0.6 is 27.3 Å². The van der Waals surface area contributed by atoms with Gasteiger partial charge in [0.05, 0.1) is 16.3 Å². The van der Waals surface area contributed by atoms with E-state index in [0.29, 0.717) is 6.04 Å². The topological polar surface area (TPSA) is 24.9 Å². The zero-order chi connectivity index (χ0) is 14.2. The van der Waals surface area contributed by atoms with Crippen molar-refractivity contribution in [1.82, 2.24) is 4.98 Å². The molecular weight excluding hydrogens is 344 g/mol. The number of rotatable bonds is 2. The predicted octanol–water partition coefficient (Wildman–Crippen LogP) is 5.55. The van der Waals surface area contributed by atoms with Gasteiger partial charge in [-0.15, -0.1) is 0 Å². The van der Waals surface area contributed by atoms with E-state index in [2.05, 4.69) is 63.7 Å². The summed E-state index contributed by atoms with van der Waals surface area (Å²) < 4.78 is 2.31. The van der Waals surface area contributed by atoms with Gasteiger partial charge in [0.25, 0.3) is 0 Å². The number of benzene rings is 2. The average Bonchev–Trinajstić information content (AvgIpc) is 2.89. The molecule has 1 aliphatic rings. The molecule has 1 unspecified atom stereocenters. The van der Waals surface area contributed by atoms with Crippen molar-refractivity contribution in [2.24, 2.45) is 0 Å². The molecule has 3 aromatic rings. The highest BCUT2D eigenvalue weighted by atomic mass is 79.9. The fraction of sp³-hybridized carbons (Fsp3) is 0.235. The molecule has 0 amide bonds. The smallest absolute Gasteiger partial charge is 0.184 e. The molecule has 0 spiro atoms. The first-order valence-electron chi connectivity index (χ1n) is 7.20. The van der Waals surface area contributed by atoms with Gasteiger partial charge >= 0.3 is 0 Å². The molecule has 1 aliphatic carbocycles. The summed E-state index contributed by atoms with van der Waals surface area (Å²) in [5.74, 6) is 0. The Hall–Kier alpha value is -1.39. The van der Waals surface area contributed by atoms with Crippen LogP contribution in [0.2, 0.25) is 0 Å². The Kier molecular flexibility index (Phi) is 3.43. The highest BCUT2D eigenvalue weighted by Crippen LogP contribution is 2.35. The van der Waals surface area contributed by atoms with Gasteiger partial charge in [0, 0.05) is 4.47 Å². The normalized spacial score (nSPS) is 17.7. The van der Waals surface area contributed by atoms with Crippen LogP contribution in [0.5, 0.6) is 0 Å². The molecule has 21 heavy (non-hydrogen) atoms. The third-order valence-electron chi connectivity index (χ3n) is 4.02. The summed E-state index contributed by atoms with van der Waals surface area (Å²) >= 11 is 5.24. The number of aryl methyl sites for hydroxylation is 1. The summed E-state index contributed by atoms with van der Waals surface area (Å²) in [6.45, 7) is 0. The maximum Gasteiger partial charge on any atom is 0.184 e. The molecule has 1 N–H and O–H groups in total. The summed E-state index contributed by atoms with van der Waals surface area (Å²) in [7, 11) is 0. The van der Waals surface area contributed by atoms with E-state index in [9.17, 15) is 0 Å². The van der Waals surface area contributed by atoms with Crippen LogP contribution in [0, 0.1) is 0 Å². The van der Waals surface area contributed by atoms with Crippen LogP contribution in [-0.2, 0) is 6.42 Å². The monoisotopic (exact) mass is 358 g/mol. The summed E-state index contributed by atoms with van der Waals surface area (Å²) in [5.41, 5.74) is 3.97. The van der Waals surface area contributed by atoms with Crippen LogP contribution in [0.15, 0.2) is 46.9 Å². The fourth-order valence-electron chi connectivity index (χ4n) is 3.02. The second kappa shape index (κ2) is 5.43. The number of fused-ring (bicyclic) bond motifs is 2. The maximum absolute atomic E-state index is 4.72. The lowest BCUT2D eigenvalue weighted by atomic mass is 9.88. The Balaban J connectivity index is 1.66. The van der Waals surface area contributed by atoms with Gasteiger partial charge in [-0.25, -0.2) is 4.98 Å². The van der Waals surface area contributed by atoms with E-state index >= 15 is 0 Å². The van der Waals surface area contributed by atoms with Gasteiger partial charge in [-0.05, 0) is 48.6 Å². The standard InChI is InChI=1S/C17H15BrN2S/c18-12-8-9-16-15(10-12)20-17(21-16)19-14-7-3-5-11-4-1-2-6-13(11)14/h1-2,4,6,8-10,14H,3,5,7H2,(H,19,20). The first-order valence-corrected chi connectivity index (χ1v) is 8.81. The van der Waals surface area contributed by atoms with Crippen LogP contribution in [0.25, 0.3) is 10.2 Å². The van der Waals surface area contributed by atoms with Gasteiger partial charge < -0.3 is 5.32 Å². The van der Waals surface area contributed by atoms with Crippen LogP contribution in [0.4, 0.5) is 5.13 Å². The molecule has 1 heterocycles. The molecule has 2 aromatic carbocycles. The number of halogens is 1. The first-order chi connectivity index (χ1) is 10.3. The number of anilines is 1. The van der Waals surface area contributed by atoms with E-state index in [0.717, 1.165) is 15.1 Å². The maximum atomic E-state index is 4.72. The molecule has 2 nitrogen and oxygen atoms in total. The molecule has 0 bridgehead atoms. The number of hydrogen-bond acceptors (Lipinski definition) is 3. The fourth-order valence-corrected chi connectivity index (χ4v) is 4.26. The number of hydrogen-bond donors (Lipinski definition) is 1. The largest absolute Gasteiger partial charge is 0.355 e. The summed E-state index contributed by atoms with van der Waals surface area (Å²) in [4.78, 5) is 4.72. The third kappa shape index (κ3) is 2.58. The Morgan fingerprint density at radius 2 is 2.10 bits per heavy atom. The van der Waals surface area contributed by atoms with E-state index in [4.69, 9.17) is 4.98 Å². The second-order valence-corrected chi connectivity index (χ2v) is 7.37. The van der Waals surface area contributed by atoms with E-state index in [-0.39, 0.29) is 0 Å². The Bertz CT molecular complexity index is 796. The van der Waals surface area contributed by atoms with Crippen LogP contribution in [0.1, 0.15) is 30.0 Å². The molecule has 0 saturated heterocycles. The quantitative estimate of drug-likeness (QED) is 0.649. The second-order valence-electron chi connectivity index (χ2n) is 5.42. The van der Waals surface area contributed by atoms with E-state index in [1.807, 2.05) is 0 Å². The molecule has 4 heteroatoms. The minimum atomic E-state index is 0.388. The van der Waals surface area contributed by atoms with Crippen LogP contribution in [0.3, 0.4) is 0 Å². The van der Waals surface area contributed by atoms with Crippen LogP contribution < -0.4 is 5.32 Å². The van der Waals surface area contributed by atoms with Crippen LogP contribution in [-0.4, -0.2) is 4.98 Å². The highest BCUT2D eigenvalue weighted by molar-refractivity contribution is 9.10. The lowest BCUT2D eigenvalue weighted by molar-refractivity contribution is 0.600.